The Kier molecular flexibility index (Phi) is 7.08. The van der Waals surface area contributed by atoms with Crippen molar-refractivity contribution in [1.82, 2.24) is 4.90 Å². The van der Waals surface area contributed by atoms with Crippen molar-refractivity contribution in [3.05, 3.63) is 58.7 Å². The highest BCUT2D eigenvalue weighted by molar-refractivity contribution is 6.46. The molecule has 0 radical (unpaired) electrons. The number of likely N-dealkylation sites (tertiary alicyclic amines) is 1. The molecule has 0 aliphatic carbocycles. The number of carbonyl (C=O) groups is 2. The van der Waals surface area contributed by atoms with Gasteiger partial charge >= 0.3 is 0 Å². The molecule has 7 nitrogen and oxygen atoms in total. The smallest absolute Gasteiger partial charge is 0.295 e. The molecule has 1 saturated heterocycles. The maximum Gasteiger partial charge on any atom is 0.295 e. The summed E-state index contributed by atoms with van der Waals surface area (Å²) in [6.45, 7) is 4.20. The third kappa shape index (κ3) is 4.02. The molecule has 0 bridgehead atoms. The van der Waals surface area contributed by atoms with Crippen molar-refractivity contribution in [2.45, 2.75) is 32.7 Å². The molecule has 2 aromatic carbocycles. The highest BCUT2D eigenvalue weighted by Gasteiger charge is 2.47. The zero-order valence-electron chi connectivity index (χ0n) is 19.1. The Morgan fingerprint density at radius 1 is 1.06 bits per heavy atom. The average Bonchev–Trinajstić information content (AvgIpc) is 3.06. The Labute approximate surface area is 188 Å². The molecular weight excluding hydrogens is 410 g/mol. The minimum atomic E-state index is -0.798. The van der Waals surface area contributed by atoms with Crippen LogP contribution in [0.3, 0.4) is 0 Å². The van der Waals surface area contributed by atoms with Gasteiger partial charge in [-0.05, 0) is 43.2 Å². The summed E-state index contributed by atoms with van der Waals surface area (Å²) >= 11 is 0. The lowest BCUT2D eigenvalue weighted by molar-refractivity contribution is -0.139. The van der Waals surface area contributed by atoms with Crippen LogP contribution < -0.4 is 14.2 Å². The van der Waals surface area contributed by atoms with Crippen molar-refractivity contribution in [2.24, 2.45) is 0 Å². The van der Waals surface area contributed by atoms with Crippen molar-refractivity contribution in [3.8, 4) is 17.2 Å². The molecule has 1 fully saturated rings. The van der Waals surface area contributed by atoms with Gasteiger partial charge in [0.2, 0.25) is 0 Å². The highest BCUT2D eigenvalue weighted by atomic mass is 16.5. The number of para-hydroxylation sites is 1. The van der Waals surface area contributed by atoms with Crippen LogP contribution in [0.1, 0.15) is 42.5 Å². The van der Waals surface area contributed by atoms with Gasteiger partial charge in [0.15, 0.2) is 11.5 Å². The van der Waals surface area contributed by atoms with Gasteiger partial charge in [0.1, 0.15) is 11.5 Å². The van der Waals surface area contributed by atoms with Gasteiger partial charge in [-0.15, -0.1) is 0 Å². The summed E-state index contributed by atoms with van der Waals surface area (Å²) in [7, 11) is 4.59. The van der Waals surface area contributed by atoms with Gasteiger partial charge in [-0.1, -0.05) is 25.5 Å². The van der Waals surface area contributed by atoms with E-state index in [-0.39, 0.29) is 11.3 Å². The molecule has 1 amide bonds. The highest BCUT2D eigenvalue weighted by Crippen LogP contribution is 2.45. The summed E-state index contributed by atoms with van der Waals surface area (Å²) in [5.74, 6) is -0.0528. The third-order valence-electron chi connectivity index (χ3n) is 5.71. The van der Waals surface area contributed by atoms with Crippen LogP contribution in [0.25, 0.3) is 5.76 Å². The standard InChI is InChI=1S/C25H29NO6/c1-6-7-13-26-21(18-9-8-10-19(31-4)24(18)32-5)20(23(28)25(26)29)22(27)17-12-11-16(30-3)14-15(17)2/h8-12,14,21,27H,6-7,13H2,1-5H3/b22-20+. The second-order valence-electron chi connectivity index (χ2n) is 7.61. The summed E-state index contributed by atoms with van der Waals surface area (Å²) in [6.07, 6.45) is 1.57. The fraction of sp³-hybridized carbons (Fsp3) is 0.360. The molecule has 1 heterocycles. The maximum atomic E-state index is 13.2. The molecule has 1 aliphatic heterocycles. The second kappa shape index (κ2) is 9.77. The predicted molar refractivity (Wildman–Crippen MR) is 121 cm³/mol. The number of amides is 1. The van der Waals surface area contributed by atoms with E-state index in [9.17, 15) is 14.7 Å². The van der Waals surface area contributed by atoms with Crippen molar-refractivity contribution in [1.29, 1.82) is 0 Å². The number of unbranched alkanes of at least 4 members (excludes halogenated alkanes) is 1. The quantitative estimate of drug-likeness (QED) is 0.376. The topological polar surface area (TPSA) is 85.3 Å². The van der Waals surface area contributed by atoms with Gasteiger partial charge in [-0.2, -0.15) is 0 Å². The minimum Gasteiger partial charge on any atom is -0.507 e. The van der Waals surface area contributed by atoms with E-state index >= 15 is 0 Å². The summed E-state index contributed by atoms with van der Waals surface area (Å²) in [5.41, 5.74) is 1.80. The fourth-order valence-electron chi connectivity index (χ4n) is 4.06. The van der Waals surface area contributed by atoms with Crippen molar-refractivity contribution >= 4 is 17.4 Å². The average molecular weight is 440 g/mol. The number of ether oxygens (including phenoxy) is 3. The van der Waals surface area contributed by atoms with Crippen LogP contribution in [-0.4, -0.2) is 49.6 Å². The van der Waals surface area contributed by atoms with Gasteiger partial charge in [-0.3, -0.25) is 9.59 Å². The third-order valence-corrected chi connectivity index (χ3v) is 5.71. The summed E-state index contributed by atoms with van der Waals surface area (Å²) in [6, 6.07) is 9.66. The Morgan fingerprint density at radius 3 is 2.41 bits per heavy atom. The van der Waals surface area contributed by atoms with E-state index in [1.807, 2.05) is 13.8 Å². The number of Topliss-reactive ketones (excluding diaryl/α,β-unsaturated/α-hetero) is 1. The first kappa shape index (κ1) is 23.2. The van der Waals surface area contributed by atoms with Crippen LogP contribution in [0.15, 0.2) is 42.0 Å². The summed E-state index contributed by atoms with van der Waals surface area (Å²) in [5, 5.41) is 11.3. The van der Waals surface area contributed by atoms with E-state index in [2.05, 4.69) is 0 Å². The monoisotopic (exact) mass is 439 g/mol. The molecule has 0 saturated carbocycles. The van der Waals surface area contributed by atoms with E-state index in [4.69, 9.17) is 14.2 Å². The van der Waals surface area contributed by atoms with E-state index in [0.717, 1.165) is 18.4 Å². The normalized spacial score (nSPS) is 17.5. The molecule has 1 N–H and O–H groups in total. The number of ketones is 1. The first-order chi connectivity index (χ1) is 15.4. The largest absolute Gasteiger partial charge is 0.507 e. The number of aliphatic hydroxyl groups excluding tert-OH is 1. The Balaban J connectivity index is 2.27. The summed E-state index contributed by atoms with van der Waals surface area (Å²) < 4.78 is 16.3. The van der Waals surface area contributed by atoms with Crippen LogP contribution >= 0.6 is 0 Å². The maximum absolute atomic E-state index is 13.2. The molecule has 0 spiro atoms. The molecule has 7 heteroatoms. The van der Waals surface area contributed by atoms with Crippen molar-refractivity contribution in [2.75, 3.05) is 27.9 Å². The van der Waals surface area contributed by atoms with Crippen LogP contribution in [0.4, 0.5) is 0 Å². The number of hydrogen-bond donors (Lipinski definition) is 1. The number of nitrogens with zero attached hydrogens (tertiary/aromatic N) is 1. The number of aliphatic hydroxyl groups is 1. The molecule has 1 aliphatic rings. The molecule has 32 heavy (non-hydrogen) atoms. The molecule has 0 aromatic heterocycles. The van der Waals surface area contributed by atoms with Gasteiger partial charge < -0.3 is 24.2 Å². The molecular formula is C25H29NO6. The number of rotatable bonds is 8. The van der Waals surface area contributed by atoms with Gasteiger partial charge in [0, 0.05) is 17.7 Å². The fourth-order valence-corrected chi connectivity index (χ4v) is 4.06. The van der Waals surface area contributed by atoms with Crippen LogP contribution in [0, 0.1) is 6.92 Å². The number of hydrogen-bond acceptors (Lipinski definition) is 6. The van der Waals surface area contributed by atoms with E-state index in [1.165, 1.54) is 19.1 Å². The first-order valence-corrected chi connectivity index (χ1v) is 10.5. The Hall–Kier alpha value is -3.48. The zero-order valence-corrected chi connectivity index (χ0v) is 19.1. The zero-order chi connectivity index (χ0) is 23.4. The number of methoxy groups -OCH3 is 3. The SMILES string of the molecule is CCCCN1C(=O)C(=O)/C(=C(/O)c2ccc(OC)cc2C)C1c1cccc(OC)c1OC. The Bertz CT molecular complexity index is 1060. The van der Waals surface area contributed by atoms with Crippen molar-refractivity contribution in [3.63, 3.8) is 0 Å². The molecule has 170 valence electrons. The van der Waals surface area contributed by atoms with Crippen LogP contribution in [0.2, 0.25) is 0 Å². The number of benzene rings is 2. The second-order valence-corrected chi connectivity index (χ2v) is 7.61. The molecule has 1 unspecified atom stereocenters. The minimum absolute atomic E-state index is 0.0333. The molecule has 2 aromatic rings. The van der Waals surface area contributed by atoms with Gasteiger partial charge in [0.25, 0.3) is 11.7 Å². The van der Waals surface area contributed by atoms with Crippen molar-refractivity contribution < 1.29 is 28.9 Å². The van der Waals surface area contributed by atoms with E-state index < -0.39 is 17.7 Å². The van der Waals surface area contributed by atoms with E-state index in [0.29, 0.717) is 34.9 Å². The van der Waals surface area contributed by atoms with E-state index in [1.54, 1.807) is 43.5 Å². The van der Waals surface area contributed by atoms with Gasteiger partial charge in [0.05, 0.1) is 32.9 Å². The van der Waals surface area contributed by atoms with Crippen LogP contribution in [-0.2, 0) is 9.59 Å². The predicted octanol–water partition coefficient (Wildman–Crippen LogP) is 4.24. The lowest BCUT2D eigenvalue weighted by Crippen LogP contribution is -2.30. The number of carbonyl (C=O) groups excluding carboxylic acids is 2. The molecule has 3 rings (SSSR count). The Morgan fingerprint density at radius 2 is 1.81 bits per heavy atom. The summed E-state index contributed by atoms with van der Waals surface area (Å²) in [4.78, 5) is 27.7. The lowest BCUT2D eigenvalue weighted by atomic mass is 9.93. The van der Waals surface area contributed by atoms with Crippen LogP contribution in [0.5, 0.6) is 17.2 Å². The van der Waals surface area contributed by atoms with Gasteiger partial charge in [-0.25, -0.2) is 0 Å². The first-order valence-electron chi connectivity index (χ1n) is 10.5. The lowest BCUT2D eigenvalue weighted by Gasteiger charge is -2.27. The number of aryl methyl sites for hydroxylation is 1. The molecule has 1 atom stereocenters.